The van der Waals surface area contributed by atoms with E-state index in [1.54, 1.807) is 30.3 Å². The summed E-state index contributed by atoms with van der Waals surface area (Å²) in [5.74, 6) is 0.392. The van der Waals surface area contributed by atoms with Crippen LogP contribution in [0.4, 0.5) is 0 Å². The third-order valence-corrected chi connectivity index (χ3v) is 4.61. The highest BCUT2D eigenvalue weighted by atomic mass is 35.5. The second kappa shape index (κ2) is 8.59. The molecule has 27 heavy (non-hydrogen) atoms. The molecule has 1 heterocycles. The van der Waals surface area contributed by atoms with Gasteiger partial charge in [0.05, 0.1) is 10.0 Å². The van der Waals surface area contributed by atoms with Crippen LogP contribution in [0.1, 0.15) is 11.3 Å². The lowest BCUT2D eigenvalue weighted by atomic mass is 10.2. The van der Waals surface area contributed by atoms with Crippen molar-refractivity contribution in [1.82, 2.24) is 5.32 Å². The van der Waals surface area contributed by atoms with Gasteiger partial charge in [0, 0.05) is 18.2 Å². The van der Waals surface area contributed by atoms with Crippen LogP contribution in [0.15, 0.2) is 70.7 Å². The number of benzene rings is 2. The molecule has 0 aliphatic carbocycles. The zero-order chi connectivity index (χ0) is 19.2. The van der Waals surface area contributed by atoms with Crippen molar-refractivity contribution in [1.29, 1.82) is 5.26 Å². The van der Waals surface area contributed by atoms with E-state index in [0.29, 0.717) is 33.7 Å². The molecule has 2 aromatic carbocycles. The van der Waals surface area contributed by atoms with E-state index in [0.717, 1.165) is 5.56 Å². The van der Waals surface area contributed by atoms with Crippen molar-refractivity contribution in [2.45, 2.75) is 6.54 Å². The molecule has 4 nitrogen and oxygen atoms in total. The Hall–Kier alpha value is -3.00. The Morgan fingerprint density at radius 1 is 1.07 bits per heavy atom. The number of nitrogens with one attached hydrogen (secondary N) is 1. The van der Waals surface area contributed by atoms with E-state index in [1.165, 1.54) is 6.08 Å². The fraction of sp³-hybridized carbons (Fsp3) is 0.0476. The second-order valence-electron chi connectivity index (χ2n) is 5.64. The molecule has 0 spiro atoms. The van der Waals surface area contributed by atoms with Crippen LogP contribution in [0.5, 0.6) is 0 Å². The van der Waals surface area contributed by atoms with Crippen molar-refractivity contribution in [3.05, 3.63) is 87.6 Å². The maximum absolute atomic E-state index is 12.2. The summed E-state index contributed by atoms with van der Waals surface area (Å²) in [6, 6.07) is 19.9. The van der Waals surface area contributed by atoms with Gasteiger partial charge in [-0.15, -0.1) is 0 Å². The van der Waals surface area contributed by atoms with Crippen LogP contribution in [0.2, 0.25) is 10.0 Å². The summed E-state index contributed by atoms with van der Waals surface area (Å²) in [6.07, 6.45) is 1.39. The van der Waals surface area contributed by atoms with Crippen molar-refractivity contribution < 1.29 is 9.21 Å². The minimum absolute atomic E-state index is 0.0518. The Kier molecular flexibility index (Phi) is 5.97. The molecule has 3 aromatic rings. The van der Waals surface area contributed by atoms with Gasteiger partial charge in [-0.05, 0) is 29.8 Å². The molecule has 0 aliphatic heterocycles. The van der Waals surface area contributed by atoms with Crippen LogP contribution in [-0.2, 0) is 11.3 Å². The standard InChI is InChI=1S/C21H14Cl2N2O2/c22-18-8-4-7-17(20(18)23)19-10-9-16(27-19)11-15(12-24)21(26)25-13-14-5-2-1-3-6-14/h1-11H,13H2,(H,25,26)/b15-11+. The van der Waals surface area contributed by atoms with Gasteiger partial charge in [0.25, 0.3) is 5.91 Å². The van der Waals surface area contributed by atoms with Crippen LogP contribution in [0, 0.1) is 11.3 Å². The Bertz CT molecular complexity index is 1030. The molecule has 0 atom stereocenters. The fourth-order valence-corrected chi connectivity index (χ4v) is 2.83. The predicted molar refractivity (Wildman–Crippen MR) is 106 cm³/mol. The van der Waals surface area contributed by atoms with Gasteiger partial charge in [-0.2, -0.15) is 5.26 Å². The molecule has 1 aromatic heterocycles. The fourth-order valence-electron chi connectivity index (χ4n) is 2.43. The van der Waals surface area contributed by atoms with Crippen LogP contribution in [-0.4, -0.2) is 5.91 Å². The first kappa shape index (κ1) is 18.8. The van der Waals surface area contributed by atoms with Crippen molar-refractivity contribution in [3.63, 3.8) is 0 Å². The van der Waals surface area contributed by atoms with Crippen LogP contribution < -0.4 is 5.32 Å². The third-order valence-electron chi connectivity index (χ3n) is 3.79. The van der Waals surface area contributed by atoms with E-state index in [4.69, 9.17) is 27.6 Å². The van der Waals surface area contributed by atoms with E-state index in [2.05, 4.69) is 5.32 Å². The number of carbonyl (C=O) groups excluding carboxylic acids is 1. The highest BCUT2D eigenvalue weighted by Crippen LogP contribution is 2.34. The molecule has 0 fully saturated rings. The van der Waals surface area contributed by atoms with E-state index >= 15 is 0 Å². The lowest BCUT2D eigenvalue weighted by molar-refractivity contribution is -0.117. The minimum atomic E-state index is -0.472. The lowest BCUT2D eigenvalue weighted by Gasteiger charge is -2.04. The van der Waals surface area contributed by atoms with E-state index in [9.17, 15) is 10.1 Å². The van der Waals surface area contributed by atoms with Gasteiger partial charge in [0.1, 0.15) is 23.2 Å². The highest BCUT2D eigenvalue weighted by molar-refractivity contribution is 6.43. The van der Waals surface area contributed by atoms with Crippen molar-refractivity contribution in [2.24, 2.45) is 0 Å². The summed E-state index contributed by atoms with van der Waals surface area (Å²) < 4.78 is 5.70. The number of carbonyl (C=O) groups is 1. The van der Waals surface area contributed by atoms with Crippen LogP contribution >= 0.6 is 23.2 Å². The smallest absolute Gasteiger partial charge is 0.262 e. The molecule has 0 bridgehead atoms. The number of amides is 1. The molecule has 1 amide bonds. The monoisotopic (exact) mass is 396 g/mol. The lowest BCUT2D eigenvalue weighted by Crippen LogP contribution is -2.23. The average molecular weight is 397 g/mol. The molecule has 1 N–H and O–H groups in total. The molecule has 0 saturated carbocycles. The van der Waals surface area contributed by atoms with Gasteiger partial charge in [0.2, 0.25) is 0 Å². The second-order valence-corrected chi connectivity index (χ2v) is 6.43. The van der Waals surface area contributed by atoms with Gasteiger partial charge in [-0.1, -0.05) is 59.6 Å². The minimum Gasteiger partial charge on any atom is -0.457 e. The van der Waals surface area contributed by atoms with Crippen LogP contribution in [0.3, 0.4) is 0 Å². The molecule has 0 radical (unpaired) electrons. The molecular formula is C21H14Cl2N2O2. The first-order valence-corrected chi connectivity index (χ1v) is 8.82. The Morgan fingerprint density at radius 2 is 1.85 bits per heavy atom. The maximum Gasteiger partial charge on any atom is 0.262 e. The Balaban J connectivity index is 1.76. The Morgan fingerprint density at radius 3 is 2.59 bits per heavy atom. The SMILES string of the molecule is N#C/C(=C\c1ccc(-c2cccc(Cl)c2Cl)o1)C(=O)NCc1ccccc1. The number of hydrogen-bond acceptors (Lipinski definition) is 3. The van der Waals surface area contributed by atoms with Gasteiger partial charge >= 0.3 is 0 Å². The van der Waals surface area contributed by atoms with Crippen LogP contribution in [0.25, 0.3) is 17.4 Å². The zero-order valence-electron chi connectivity index (χ0n) is 14.1. The quantitative estimate of drug-likeness (QED) is 0.458. The summed E-state index contributed by atoms with van der Waals surface area (Å²) in [6.45, 7) is 0.334. The number of nitrogens with zero attached hydrogens (tertiary/aromatic N) is 1. The average Bonchev–Trinajstić information content (AvgIpc) is 3.15. The number of nitriles is 1. The molecule has 134 valence electrons. The summed E-state index contributed by atoms with van der Waals surface area (Å²) in [5.41, 5.74) is 1.53. The van der Waals surface area contributed by atoms with Crippen molar-refractivity contribution >= 4 is 35.2 Å². The van der Waals surface area contributed by atoms with Gasteiger partial charge in [0.15, 0.2) is 0 Å². The number of furan rings is 1. The topological polar surface area (TPSA) is 66.0 Å². The number of rotatable bonds is 5. The maximum atomic E-state index is 12.2. The first-order valence-electron chi connectivity index (χ1n) is 8.06. The summed E-state index contributed by atoms with van der Waals surface area (Å²) in [7, 11) is 0. The number of hydrogen-bond donors (Lipinski definition) is 1. The van der Waals surface area contributed by atoms with Gasteiger partial charge in [-0.25, -0.2) is 0 Å². The van der Waals surface area contributed by atoms with Crippen molar-refractivity contribution in [2.75, 3.05) is 0 Å². The summed E-state index contributed by atoms with van der Waals surface area (Å²) >= 11 is 12.2. The van der Waals surface area contributed by atoms with E-state index < -0.39 is 5.91 Å². The molecular weight excluding hydrogens is 383 g/mol. The van der Waals surface area contributed by atoms with E-state index in [-0.39, 0.29) is 5.57 Å². The molecule has 0 unspecified atom stereocenters. The predicted octanol–water partition coefficient (Wildman–Crippen LogP) is 5.48. The summed E-state index contributed by atoms with van der Waals surface area (Å²) in [4.78, 5) is 12.2. The van der Waals surface area contributed by atoms with Gasteiger partial charge in [-0.3, -0.25) is 4.79 Å². The number of halogens is 2. The van der Waals surface area contributed by atoms with Gasteiger partial charge < -0.3 is 9.73 Å². The van der Waals surface area contributed by atoms with Crippen molar-refractivity contribution in [3.8, 4) is 17.4 Å². The molecule has 6 heteroatoms. The third kappa shape index (κ3) is 4.59. The largest absolute Gasteiger partial charge is 0.457 e. The molecule has 0 saturated heterocycles. The Labute approximate surface area is 166 Å². The van der Waals surface area contributed by atoms with E-state index in [1.807, 2.05) is 36.4 Å². The highest BCUT2D eigenvalue weighted by Gasteiger charge is 2.13. The molecule has 0 aliphatic rings. The zero-order valence-corrected chi connectivity index (χ0v) is 15.6. The summed E-state index contributed by atoms with van der Waals surface area (Å²) in [5, 5.41) is 12.8. The normalized spacial score (nSPS) is 11.1. The molecule has 3 rings (SSSR count). The first-order chi connectivity index (χ1) is 13.1.